The van der Waals surface area contributed by atoms with Crippen molar-refractivity contribution in [1.82, 2.24) is 20.9 Å². The molecule has 5 N–H and O–H groups in total. The van der Waals surface area contributed by atoms with E-state index in [1.54, 1.807) is 20.8 Å². The summed E-state index contributed by atoms with van der Waals surface area (Å²) >= 11 is 0. The number of hydrogen-bond donors (Lipinski definition) is 4. The summed E-state index contributed by atoms with van der Waals surface area (Å²) in [6, 6.07) is 5.45. The van der Waals surface area contributed by atoms with Gasteiger partial charge in [0.05, 0.1) is 6.04 Å². The Morgan fingerprint density at radius 1 is 1.02 bits per heavy atom. The van der Waals surface area contributed by atoms with Crippen LogP contribution < -0.4 is 21.7 Å². The van der Waals surface area contributed by atoms with E-state index in [4.69, 9.17) is 10.5 Å². The standard InChI is InChI=1S/C28H39N5O7/c1-28(2,3)23(32-27(39)30-15-21(34)40-16-18-8-5-4-6-9-18)26(38)33-13-7-10-20(33)25(37)31-19(14-17-11-12-17)22(35)24(29)36/h4-6,8-9,17,19-20,23H,7,10-16H2,1-3H3,(H2,29,36)(H,31,37)(H2,30,32,39)/t19?,20-,23?/m0/s1. The number of ether oxygens (including phenoxy) is 1. The Morgan fingerprint density at radius 3 is 2.30 bits per heavy atom. The summed E-state index contributed by atoms with van der Waals surface area (Å²) in [5.41, 5.74) is 5.25. The van der Waals surface area contributed by atoms with Gasteiger partial charge in [-0.3, -0.25) is 24.0 Å². The molecule has 1 saturated carbocycles. The highest BCUT2D eigenvalue weighted by Gasteiger charge is 2.43. The van der Waals surface area contributed by atoms with Crippen molar-refractivity contribution in [2.24, 2.45) is 17.1 Å². The second kappa shape index (κ2) is 13.4. The van der Waals surface area contributed by atoms with Gasteiger partial charge in [0.15, 0.2) is 0 Å². The Morgan fingerprint density at radius 2 is 1.70 bits per heavy atom. The number of nitrogens with two attached hydrogens (primary N) is 1. The number of Topliss-reactive ketones (excluding diaryl/α,β-unsaturated/α-hetero) is 1. The van der Waals surface area contributed by atoms with Crippen LogP contribution in [0.3, 0.4) is 0 Å². The van der Waals surface area contributed by atoms with Crippen LogP contribution in [0.2, 0.25) is 0 Å². The van der Waals surface area contributed by atoms with Gasteiger partial charge < -0.3 is 31.3 Å². The molecule has 0 radical (unpaired) electrons. The molecule has 12 nitrogen and oxygen atoms in total. The van der Waals surface area contributed by atoms with E-state index < -0.39 is 65.6 Å². The van der Waals surface area contributed by atoms with E-state index in [-0.39, 0.29) is 19.1 Å². The number of esters is 1. The van der Waals surface area contributed by atoms with Gasteiger partial charge >= 0.3 is 12.0 Å². The fraction of sp³-hybridized carbons (Fsp3) is 0.571. The molecule has 40 heavy (non-hydrogen) atoms. The molecule has 1 aromatic carbocycles. The monoisotopic (exact) mass is 557 g/mol. The van der Waals surface area contributed by atoms with Gasteiger partial charge in [0, 0.05) is 6.54 Å². The summed E-state index contributed by atoms with van der Waals surface area (Å²) < 4.78 is 5.16. The zero-order valence-corrected chi connectivity index (χ0v) is 23.2. The third-order valence-electron chi connectivity index (χ3n) is 7.00. The van der Waals surface area contributed by atoms with E-state index >= 15 is 0 Å². The molecule has 1 saturated heterocycles. The van der Waals surface area contributed by atoms with Crippen molar-refractivity contribution >= 4 is 35.5 Å². The molecular formula is C28H39N5O7. The quantitative estimate of drug-likeness (QED) is 0.217. The van der Waals surface area contributed by atoms with E-state index in [0.717, 1.165) is 18.4 Å². The molecule has 1 heterocycles. The highest BCUT2D eigenvalue weighted by atomic mass is 16.5. The van der Waals surface area contributed by atoms with Gasteiger partial charge in [-0.15, -0.1) is 0 Å². The Balaban J connectivity index is 1.59. The molecule has 2 aliphatic rings. The molecule has 0 aromatic heterocycles. The third-order valence-corrected chi connectivity index (χ3v) is 7.00. The summed E-state index contributed by atoms with van der Waals surface area (Å²) in [6.07, 6.45) is 3.08. The Labute approximate surface area is 233 Å². The van der Waals surface area contributed by atoms with Gasteiger partial charge in [-0.1, -0.05) is 63.9 Å². The molecule has 3 rings (SSSR count). The van der Waals surface area contributed by atoms with E-state index in [0.29, 0.717) is 19.3 Å². The smallest absolute Gasteiger partial charge is 0.325 e. The number of ketones is 1. The first-order valence-corrected chi connectivity index (χ1v) is 13.5. The van der Waals surface area contributed by atoms with E-state index in [1.165, 1.54) is 4.90 Å². The number of carbonyl (C=O) groups excluding carboxylic acids is 6. The van der Waals surface area contributed by atoms with Crippen LogP contribution in [0.25, 0.3) is 0 Å². The van der Waals surface area contributed by atoms with Crippen LogP contribution in [-0.2, 0) is 35.3 Å². The number of nitrogens with one attached hydrogen (secondary N) is 3. The second-order valence-electron chi connectivity index (χ2n) is 11.4. The second-order valence-corrected chi connectivity index (χ2v) is 11.4. The first kappa shape index (κ1) is 30.6. The summed E-state index contributed by atoms with van der Waals surface area (Å²) in [7, 11) is 0. The van der Waals surface area contributed by atoms with Crippen LogP contribution in [0.5, 0.6) is 0 Å². The number of primary amides is 1. The number of benzene rings is 1. The molecule has 1 aromatic rings. The van der Waals surface area contributed by atoms with Crippen molar-refractivity contribution in [3.63, 3.8) is 0 Å². The molecule has 1 aliphatic heterocycles. The maximum absolute atomic E-state index is 13.6. The predicted molar refractivity (Wildman–Crippen MR) is 144 cm³/mol. The SMILES string of the molecule is CC(C)(C)C(NC(=O)NCC(=O)OCc1ccccc1)C(=O)N1CCC[C@H]1C(=O)NC(CC1CC1)C(=O)C(N)=O. The largest absolute Gasteiger partial charge is 0.460 e. The van der Waals surface area contributed by atoms with Gasteiger partial charge in [0.1, 0.15) is 25.2 Å². The molecule has 2 fully saturated rings. The van der Waals surface area contributed by atoms with Gasteiger partial charge in [0.25, 0.3) is 5.91 Å². The lowest BCUT2D eigenvalue weighted by Gasteiger charge is -2.35. The number of urea groups is 1. The van der Waals surface area contributed by atoms with Crippen molar-refractivity contribution in [2.75, 3.05) is 13.1 Å². The molecule has 12 heteroatoms. The maximum Gasteiger partial charge on any atom is 0.325 e. The van der Waals surface area contributed by atoms with Crippen molar-refractivity contribution in [2.45, 2.75) is 77.6 Å². The first-order chi connectivity index (χ1) is 18.9. The van der Waals surface area contributed by atoms with Crippen LogP contribution in [0.1, 0.15) is 58.4 Å². The first-order valence-electron chi connectivity index (χ1n) is 13.5. The van der Waals surface area contributed by atoms with Crippen molar-refractivity contribution in [1.29, 1.82) is 0 Å². The summed E-state index contributed by atoms with van der Waals surface area (Å²) in [4.78, 5) is 76.7. The molecule has 3 atom stereocenters. The Bertz CT molecular complexity index is 1110. The van der Waals surface area contributed by atoms with E-state index in [1.807, 2.05) is 30.3 Å². The average molecular weight is 558 g/mol. The van der Waals surface area contributed by atoms with Crippen LogP contribution >= 0.6 is 0 Å². The minimum absolute atomic E-state index is 0.0665. The fourth-order valence-corrected chi connectivity index (χ4v) is 4.60. The lowest BCUT2D eigenvalue weighted by Crippen LogP contribution is -2.60. The van der Waals surface area contributed by atoms with Crippen LogP contribution in [0.4, 0.5) is 4.79 Å². The molecule has 0 spiro atoms. The third kappa shape index (κ3) is 8.78. The fourth-order valence-electron chi connectivity index (χ4n) is 4.60. The van der Waals surface area contributed by atoms with Crippen molar-refractivity contribution in [3.8, 4) is 0 Å². The molecule has 0 bridgehead atoms. The maximum atomic E-state index is 13.6. The summed E-state index contributed by atoms with van der Waals surface area (Å²) in [5.74, 6) is -3.36. The zero-order valence-electron chi connectivity index (χ0n) is 23.2. The van der Waals surface area contributed by atoms with E-state index in [2.05, 4.69) is 16.0 Å². The van der Waals surface area contributed by atoms with Crippen molar-refractivity contribution in [3.05, 3.63) is 35.9 Å². The molecular weight excluding hydrogens is 518 g/mol. The Hall–Kier alpha value is -3.96. The van der Waals surface area contributed by atoms with Crippen LogP contribution in [-0.4, -0.2) is 71.6 Å². The number of hydrogen-bond acceptors (Lipinski definition) is 7. The van der Waals surface area contributed by atoms with Gasteiger partial charge in [-0.2, -0.15) is 0 Å². The average Bonchev–Trinajstić information content (AvgIpc) is 3.59. The van der Waals surface area contributed by atoms with Gasteiger partial charge in [-0.25, -0.2) is 4.79 Å². The number of nitrogens with zero attached hydrogens (tertiary/aromatic N) is 1. The number of amides is 5. The minimum atomic E-state index is -1.11. The summed E-state index contributed by atoms with van der Waals surface area (Å²) in [5, 5.41) is 7.69. The lowest BCUT2D eigenvalue weighted by atomic mass is 9.85. The summed E-state index contributed by atoms with van der Waals surface area (Å²) in [6.45, 7) is 5.27. The van der Waals surface area contributed by atoms with Gasteiger partial charge in [-0.05, 0) is 36.2 Å². The highest BCUT2D eigenvalue weighted by molar-refractivity contribution is 6.37. The number of carbonyl (C=O) groups is 6. The lowest BCUT2D eigenvalue weighted by molar-refractivity contribution is -0.143. The highest BCUT2D eigenvalue weighted by Crippen LogP contribution is 2.34. The van der Waals surface area contributed by atoms with Crippen LogP contribution in [0.15, 0.2) is 30.3 Å². The minimum Gasteiger partial charge on any atom is -0.460 e. The normalized spacial score (nSPS) is 18.3. The van der Waals surface area contributed by atoms with Crippen molar-refractivity contribution < 1.29 is 33.5 Å². The molecule has 218 valence electrons. The predicted octanol–water partition coefficient (Wildman–Crippen LogP) is 0.774. The Kier molecular flexibility index (Phi) is 10.2. The number of rotatable bonds is 12. The number of likely N-dealkylation sites (tertiary alicyclic amines) is 1. The van der Waals surface area contributed by atoms with E-state index in [9.17, 15) is 28.8 Å². The van der Waals surface area contributed by atoms with Crippen LogP contribution in [0, 0.1) is 11.3 Å². The topological polar surface area (TPSA) is 177 Å². The molecule has 5 amide bonds. The molecule has 2 unspecified atom stereocenters. The zero-order chi connectivity index (χ0) is 29.4. The van der Waals surface area contributed by atoms with Gasteiger partial charge in [0.2, 0.25) is 17.6 Å². The molecule has 1 aliphatic carbocycles.